The molecule has 2 rings (SSSR count). The Balaban J connectivity index is 0.000000686. The van der Waals surface area contributed by atoms with Crippen LogP contribution in [0.3, 0.4) is 0 Å². The molecule has 0 radical (unpaired) electrons. The van der Waals surface area contributed by atoms with Crippen LogP contribution in [0.2, 0.25) is 0 Å². The Morgan fingerprint density at radius 1 is 1.18 bits per heavy atom. The van der Waals surface area contributed by atoms with Crippen LogP contribution in [0.1, 0.15) is 19.4 Å². The van der Waals surface area contributed by atoms with Crippen LogP contribution in [0.4, 0.5) is 0 Å². The topological polar surface area (TPSA) is 47.0 Å². The molecule has 2 aromatic rings. The van der Waals surface area contributed by atoms with Crippen molar-refractivity contribution in [3.05, 3.63) is 36.0 Å². The molecule has 1 heterocycles. The van der Waals surface area contributed by atoms with Crippen molar-refractivity contribution in [3.63, 3.8) is 0 Å². The number of rotatable bonds is 1. The first-order valence-electron chi connectivity index (χ1n) is 5.54. The minimum atomic E-state index is -3.19. The molecule has 1 aromatic carbocycles. The third-order valence-corrected chi connectivity index (χ3v) is 3.38. The zero-order valence-corrected chi connectivity index (χ0v) is 11.4. The minimum Gasteiger partial charge on any atom is -0.256 e. The first-order valence-corrected chi connectivity index (χ1v) is 7.43. The van der Waals surface area contributed by atoms with Gasteiger partial charge in [-0.25, -0.2) is 8.42 Å². The number of hydrogen-bond donors (Lipinski definition) is 0. The second kappa shape index (κ2) is 5.27. The molecule has 0 aliphatic rings. The lowest BCUT2D eigenvalue weighted by Crippen LogP contribution is -1.98. The molecule has 3 nitrogen and oxygen atoms in total. The van der Waals surface area contributed by atoms with Gasteiger partial charge in [-0.05, 0) is 30.7 Å². The van der Waals surface area contributed by atoms with E-state index < -0.39 is 9.84 Å². The zero-order valence-electron chi connectivity index (χ0n) is 10.6. The first-order chi connectivity index (χ1) is 7.98. The fourth-order valence-corrected chi connectivity index (χ4v) is 2.44. The second-order valence-electron chi connectivity index (χ2n) is 3.61. The highest BCUT2D eigenvalue weighted by atomic mass is 32.2. The SMILES string of the molecule is CC.Cc1cnc2cccc(S(C)(=O)=O)c2c1. The van der Waals surface area contributed by atoms with E-state index in [0.29, 0.717) is 15.8 Å². The molecular weight excluding hydrogens is 234 g/mol. The van der Waals surface area contributed by atoms with Crippen LogP contribution in [0.15, 0.2) is 35.4 Å². The van der Waals surface area contributed by atoms with Gasteiger partial charge in [-0.1, -0.05) is 19.9 Å². The third-order valence-electron chi connectivity index (χ3n) is 2.22. The molecule has 0 amide bonds. The molecule has 0 fully saturated rings. The van der Waals surface area contributed by atoms with Gasteiger partial charge in [0.1, 0.15) is 0 Å². The quantitative estimate of drug-likeness (QED) is 0.782. The maximum absolute atomic E-state index is 11.5. The van der Waals surface area contributed by atoms with Crippen molar-refractivity contribution in [1.82, 2.24) is 4.98 Å². The molecule has 0 saturated heterocycles. The van der Waals surface area contributed by atoms with Crippen LogP contribution in [0, 0.1) is 6.92 Å². The number of aromatic nitrogens is 1. The summed E-state index contributed by atoms with van der Waals surface area (Å²) in [7, 11) is -3.19. The fraction of sp³-hybridized carbons (Fsp3) is 0.308. The first kappa shape index (κ1) is 13.6. The van der Waals surface area contributed by atoms with Crippen LogP contribution < -0.4 is 0 Å². The molecule has 1 aromatic heterocycles. The monoisotopic (exact) mass is 251 g/mol. The lowest BCUT2D eigenvalue weighted by molar-refractivity contribution is 0.602. The van der Waals surface area contributed by atoms with Gasteiger partial charge < -0.3 is 0 Å². The smallest absolute Gasteiger partial charge is 0.176 e. The number of aryl methyl sites for hydroxylation is 1. The molecular formula is C13H17NO2S. The normalized spacial score (nSPS) is 10.8. The van der Waals surface area contributed by atoms with Gasteiger partial charge in [0.25, 0.3) is 0 Å². The summed E-state index contributed by atoms with van der Waals surface area (Å²) >= 11 is 0. The van der Waals surface area contributed by atoms with Crippen LogP contribution in [-0.2, 0) is 9.84 Å². The standard InChI is InChI=1S/C11H11NO2S.C2H6/c1-8-6-9-10(12-7-8)4-3-5-11(9)15(2,13)14;1-2/h3-7H,1-2H3;1-2H3. The van der Waals surface area contributed by atoms with Crippen molar-refractivity contribution < 1.29 is 8.42 Å². The number of pyridine rings is 1. The van der Waals surface area contributed by atoms with E-state index in [0.717, 1.165) is 5.56 Å². The highest BCUT2D eigenvalue weighted by Gasteiger charge is 2.11. The maximum atomic E-state index is 11.5. The van der Waals surface area contributed by atoms with Gasteiger partial charge in [-0.2, -0.15) is 0 Å². The Labute approximate surface area is 102 Å². The van der Waals surface area contributed by atoms with E-state index in [1.54, 1.807) is 18.3 Å². The van der Waals surface area contributed by atoms with Crippen LogP contribution in [0.5, 0.6) is 0 Å². The van der Waals surface area contributed by atoms with Crippen molar-refractivity contribution in [2.75, 3.05) is 6.26 Å². The lowest BCUT2D eigenvalue weighted by atomic mass is 10.2. The number of fused-ring (bicyclic) bond motifs is 1. The van der Waals surface area contributed by atoms with E-state index in [1.165, 1.54) is 6.26 Å². The lowest BCUT2D eigenvalue weighted by Gasteiger charge is -2.04. The molecule has 4 heteroatoms. The van der Waals surface area contributed by atoms with Crippen LogP contribution in [0.25, 0.3) is 10.9 Å². The summed E-state index contributed by atoms with van der Waals surface area (Å²) in [5.74, 6) is 0. The molecule has 0 saturated carbocycles. The largest absolute Gasteiger partial charge is 0.256 e. The molecule has 0 atom stereocenters. The predicted octanol–water partition coefficient (Wildman–Crippen LogP) is 2.97. The molecule has 0 aliphatic carbocycles. The molecule has 0 bridgehead atoms. The Bertz CT molecular complexity index is 618. The summed E-state index contributed by atoms with van der Waals surface area (Å²) in [5.41, 5.74) is 1.67. The molecule has 92 valence electrons. The summed E-state index contributed by atoms with van der Waals surface area (Å²) in [6.45, 7) is 5.89. The molecule has 0 unspecified atom stereocenters. The molecule has 17 heavy (non-hydrogen) atoms. The Hall–Kier alpha value is -1.42. The average Bonchev–Trinajstić information content (AvgIpc) is 2.29. The fourth-order valence-electron chi connectivity index (χ4n) is 1.55. The molecule has 0 aliphatic heterocycles. The zero-order chi connectivity index (χ0) is 13.1. The summed E-state index contributed by atoms with van der Waals surface area (Å²) in [6.07, 6.45) is 2.94. The maximum Gasteiger partial charge on any atom is 0.176 e. The van der Waals surface area contributed by atoms with Crippen LogP contribution in [-0.4, -0.2) is 19.7 Å². The number of nitrogens with zero attached hydrogens (tertiary/aromatic N) is 1. The van der Waals surface area contributed by atoms with Gasteiger partial charge in [0.15, 0.2) is 9.84 Å². The molecule has 0 N–H and O–H groups in total. The predicted molar refractivity (Wildman–Crippen MR) is 70.9 cm³/mol. The van der Waals surface area contributed by atoms with Gasteiger partial charge in [0, 0.05) is 17.8 Å². The minimum absolute atomic E-state index is 0.344. The number of sulfone groups is 1. The van der Waals surface area contributed by atoms with Gasteiger partial charge in [0.05, 0.1) is 10.4 Å². The van der Waals surface area contributed by atoms with E-state index in [2.05, 4.69) is 4.98 Å². The van der Waals surface area contributed by atoms with Crippen molar-refractivity contribution in [2.24, 2.45) is 0 Å². The van der Waals surface area contributed by atoms with E-state index in [9.17, 15) is 8.42 Å². The van der Waals surface area contributed by atoms with Gasteiger partial charge >= 0.3 is 0 Å². The van der Waals surface area contributed by atoms with Crippen molar-refractivity contribution >= 4 is 20.7 Å². The highest BCUT2D eigenvalue weighted by molar-refractivity contribution is 7.91. The Morgan fingerprint density at radius 2 is 1.82 bits per heavy atom. The van der Waals surface area contributed by atoms with Gasteiger partial charge in [-0.3, -0.25) is 4.98 Å². The van der Waals surface area contributed by atoms with Crippen molar-refractivity contribution in [2.45, 2.75) is 25.7 Å². The van der Waals surface area contributed by atoms with Gasteiger partial charge in [0.2, 0.25) is 0 Å². The van der Waals surface area contributed by atoms with E-state index in [1.807, 2.05) is 32.9 Å². The molecule has 0 spiro atoms. The number of benzene rings is 1. The van der Waals surface area contributed by atoms with E-state index in [-0.39, 0.29) is 0 Å². The van der Waals surface area contributed by atoms with E-state index >= 15 is 0 Å². The van der Waals surface area contributed by atoms with E-state index in [4.69, 9.17) is 0 Å². The third kappa shape index (κ3) is 3.03. The van der Waals surface area contributed by atoms with Gasteiger partial charge in [-0.15, -0.1) is 0 Å². The summed E-state index contributed by atoms with van der Waals surface area (Å²) < 4.78 is 23.1. The summed E-state index contributed by atoms with van der Waals surface area (Å²) in [5, 5.41) is 0.694. The summed E-state index contributed by atoms with van der Waals surface area (Å²) in [4.78, 5) is 4.53. The van der Waals surface area contributed by atoms with Crippen molar-refractivity contribution in [3.8, 4) is 0 Å². The number of hydrogen-bond acceptors (Lipinski definition) is 3. The average molecular weight is 251 g/mol. The Kier molecular flexibility index (Phi) is 4.23. The van der Waals surface area contributed by atoms with Crippen molar-refractivity contribution in [1.29, 1.82) is 0 Å². The second-order valence-corrected chi connectivity index (χ2v) is 5.59. The Morgan fingerprint density at radius 3 is 2.41 bits per heavy atom. The van der Waals surface area contributed by atoms with Crippen LogP contribution >= 0.6 is 0 Å². The summed E-state index contributed by atoms with van der Waals surface area (Å²) in [6, 6.07) is 6.97. The highest BCUT2D eigenvalue weighted by Crippen LogP contribution is 2.21.